The molecule has 48 valence electrons. The standard InChI is InChI=1S/C7H9NO/c8-7-2-5-1-6(7)4-9-3-5/h1-2,6H,3-4,8H2/t6-/m1/s1. The lowest BCUT2D eigenvalue weighted by molar-refractivity contribution is 0.135. The maximum atomic E-state index is 5.65. The molecule has 2 heteroatoms. The second kappa shape index (κ2) is 1.61. The molecule has 0 saturated carbocycles. The van der Waals surface area contributed by atoms with E-state index in [1.807, 2.05) is 6.08 Å². The molecule has 0 amide bonds. The second-order valence-electron chi connectivity index (χ2n) is 2.51. The van der Waals surface area contributed by atoms with Crippen LogP contribution >= 0.6 is 0 Å². The van der Waals surface area contributed by atoms with Gasteiger partial charge in [0.25, 0.3) is 0 Å². The van der Waals surface area contributed by atoms with Gasteiger partial charge in [0.15, 0.2) is 0 Å². The summed E-state index contributed by atoms with van der Waals surface area (Å²) in [7, 11) is 0. The van der Waals surface area contributed by atoms with Gasteiger partial charge in [0.2, 0.25) is 0 Å². The van der Waals surface area contributed by atoms with E-state index >= 15 is 0 Å². The lowest BCUT2D eigenvalue weighted by atomic mass is 10.1. The summed E-state index contributed by atoms with van der Waals surface area (Å²) >= 11 is 0. The molecule has 1 aliphatic carbocycles. The SMILES string of the molecule is NC1=CC2=C[C@@H]1COC2. The maximum absolute atomic E-state index is 5.65. The van der Waals surface area contributed by atoms with Crippen molar-refractivity contribution in [1.82, 2.24) is 0 Å². The Labute approximate surface area is 54.0 Å². The van der Waals surface area contributed by atoms with E-state index in [-0.39, 0.29) is 0 Å². The highest BCUT2D eigenvalue weighted by Crippen LogP contribution is 2.24. The van der Waals surface area contributed by atoms with Crippen molar-refractivity contribution >= 4 is 0 Å². The van der Waals surface area contributed by atoms with Gasteiger partial charge in [-0.1, -0.05) is 6.08 Å². The molecule has 2 rings (SSSR count). The monoisotopic (exact) mass is 123 g/mol. The third kappa shape index (κ3) is 0.669. The van der Waals surface area contributed by atoms with Gasteiger partial charge >= 0.3 is 0 Å². The minimum absolute atomic E-state index is 0.383. The average molecular weight is 123 g/mol. The van der Waals surface area contributed by atoms with Gasteiger partial charge in [-0.2, -0.15) is 0 Å². The highest BCUT2D eigenvalue weighted by molar-refractivity contribution is 5.36. The van der Waals surface area contributed by atoms with Gasteiger partial charge in [0.05, 0.1) is 13.2 Å². The van der Waals surface area contributed by atoms with Crippen LogP contribution in [0, 0.1) is 5.92 Å². The van der Waals surface area contributed by atoms with Crippen LogP contribution in [0.1, 0.15) is 0 Å². The van der Waals surface area contributed by atoms with Crippen molar-refractivity contribution in [2.75, 3.05) is 13.2 Å². The number of hydrogen-bond donors (Lipinski definition) is 1. The zero-order valence-corrected chi connectivity index (χ0v) is 5.13. The van der Waals surface area contributed by atoms with Crippen molar-refractivity contribution in [2.45, 2.75) is 0 Å². The summed E-state index contributed by atoms with van der Waals surface area (Å²) in [6.45, 7) is 1.52. The van der Waals surface area contributed by atoms with E-state index in [1.54, 1.807) is 0 Å². The van der Waals surface area contributed by atoms with Crippen LogP contribution in [0.15, 0.2) is 23.4 Å². The van der Waals surface area contributed by atoms with Crippen molar-refractivity contribution in [3.8, 4) is 0 Å². The Hall–Kier alpha value is -0.760. The third-order valence-electron chi connectivity index (χ3n) is 1.76. The Balaban J connectivity index is 2.32. The first-order chi connectivity index (χ1) is 4.36. The fourth-order valence-electron chi connectivity index (χ4n) is 1.26. The molecule has 0 fully saturated rings. The van der Waals surface area contributed by atoms with E-state index in [0.717, 1.165) is 18.9 Å². The van der Waals surface area contributed by atoms with Crippen LogP contribution < -0.4 is 5.73 Å². The largest absolute Gasteiger partial charge is 0.401 e. The van der Waals surface area contributed by atoms with Crippen LogP contribution in [-0.4, -0.2) is 13.2 Å². The van der Waals surface area contributed by atoms with Gasteiger partial charge in [-0.15, -0.1) is 0 Å². The van der Waals surface area contributed by atoms with E-state index in [0.29, 0.717) is 5.92 Å². The minimum atomic E-state index is 0.383. The van der Waals surface area contributed by atoms with Crippen LogP contribution in [0.2, 0.25) is 0 Å². The number of rotatable bonds is 0. The lowest BCUT2D eigenvalue weighted by Gasteiger charge is -2.12. The highest BCUT2D eigenvalue weighted by atomic mass is 16.5. The predicted molar refractivity (Wildman–Crippen MR) is 34.7 cm³/mol. The molecule has 0 aromatic heterocycles. The van der Waals surface area contributed by atoms with Crippen molar-refractivity contribution < 1.29 is 4.74 Å². The van der Waals surface area contributed by atoms with E-state index in [9.17, 15) is 0 Å². The van der Waals surface area contributed by atoms with Crippen molar-refractivity contribution in [3.05, 3.63) is 23.4 Å². The molecule has 2 N–H and O–H groups in total. The molecule has 0 spiro atoms. The summed E-state index contributed by atoms with van der Waals surface area (Å²) in [5, 5.41) is 0. The van der Waals surface area contributed by atoms with Crippen molar-refractivity contribution in [1.29, 1.82) is 0 Å². The van der Waals surface area contributed by atoms with Crippen LogP contribution in [-0.2, 0) is 4.74 Å². The molecule has 1 atom stereocenters. The van der Waals surface area contributed by atoms with Crippen LogP contribution in [0.25, 0.3) is 0 Å². The zero-order chi connectivity index (χ0) is 6.27. The van der Waals surface area contributed by atoms with Crippen LogP contribution in [0.3, 0.4) is 0 Å². The fraction of sp³-hybridized carbons (Fsp3) is 0.429. The molecule has 0 aromatic rings. The maximum Gasteiger partial charge on any atom is 0.0715 e. The van der Waals surface area contributed by atoms with Gasteiger partial charge in [0, 0.05) is 11.6 Å². The molecule has 9 heavy (non-hydrogen) atoms. The summed E-state index contributed by atoms with van der Waals surface area (Å²) in [4.78, 5) is 0. The Morgan fingerprint density at radius 2 is 2.56 bits per heavy atom. The molecule has 1 heterocycles. The zero-order valence-electron chi connectivity index (χ0n) is 5.13. The quantitative estimate of drug-likeness (QED) is 0.506. The number of ether oxygens (including phenoxy) is 1. The summed E-state index contributed by atoms with van der Waals surface area (Å²) in [5.74, 6) is 0.383. The third-order valence-corrected chi connectivity index (χ3v) is 1.76. The molecule has 2 nitrogen and oxygen atoms in total. The molecule has 0 radical (unpaired) electrons. The Morgan fingerprint density at radius 3 is 3.22 bits per heavy atom. The molecule has 0 aromatic carbocycles. The summed E-state index contributed by atoms with van der Waals surface area (Å²) in [6.07, 6.45) is 4.19. The molecule has 2 aliphatic rings. The average Bonchev–Trinajstić information content (AvgIpc) is 2.09. The Kier molecular flexibility index (Phi) is 0.904. The molecular formula is C7H9NO. The molecule has 1 aliphatic heterocycles. The summed E-state index contributed by atoms with van der Waals surface area (Å²) in [5.41, 5.74) is 7.85. The van der Waals surface area contributed by atoms with Crippen molar-refractivity contribution in [3.63, 3.8) is 0 Å². The normalized spacial score (nSPS) is 31.8. The minimum Gasteiger partial charge on any atom is -0.401 e. The van der Waals surface area contributed by atoms with E-state index < -0.39 is 0 Å². The lowest BCUT2D eigenvalue weighted by Crippen LogP contribution is -2.15. The van der Waals surface area contributed by atoms with E-state index in [4.69, 9.17) is 10.5 Å². The number of fused-ring (bicyclic) bond motifs is 1. The molecule has 0 unspecified atom stereocenters. The second-order valence-corrected chi connectivity index (χ2v) is 2.51. The van der Waals surface area contributed by atoms with Gasteiger partial charge in [-0.05, 0) is 11.6 Å². The van der Waals surface area contributed by atoms with Crippen LogP contribution in [0.5, 0.6) is 0 Å². The highest BCUT2D eigenvalue weighted by Gasteiger charge is 2.20. The summed E-state index contributed by atoms with van der Waals surface area (Å²) < 4.78 is 5.23. The predicted octanol–water partition coefficient (Wildman–Crippen LogP) is 0.415. The van der Waals surface area contributed by atoms with Gasteiger partial charge in [-0.25, -0.2) is 0 Å². The Bertz CT molecular complexity index is 193. The first-order valence-corrected chi connectivity index (χ1v) is 3.12. The van der Waals surface area contributed by atoms with E-state index in [1.165, 1.54) is 5.57 Å². The van der Waals surface area contributed by atoms with Crippen LogP contribution in [0.4, 0.5) is 0 Å². The Morgan fingerprint density at radius 1 is 1.67 bits per heavy atom. The smallest absolute Gasteiger partial charge is 0.0715 e. The van der Waals surface area contributed by atoms with Crippen molar-refractivity contribution in [2.24, 2.45) is 11.7 Å². The van der Waals surface area contributed by atoms with Gasteiger partial charge < -0.3 is 10.5 Å². The number of hydrogen-bond acceptors (Lipinski definition) is 2. The van der Waals surface area contributed by atoms with E-state index in [2.05, 4.69) is 6.08 Å². The molecular weight excluding hydrogens is 114 g/mol. The topological polar surface area (TPSA) is 35.2 Å². The first kappa shape index (κ1) is 5.06. The first-order valence-electron chi connectivity index (χ1n) is 3.12. The molecule has 0 saturated heterocycles. The van der Waals surface area contributed by atoms with Gasteiger partial charge in [0.1, 0.15) is 0 Å². The van der Waals surface area contributed by atoms with Gasteiger partial charge in [-0.3, -0.25) is 0 Å². The molecule has 2 bridgehead atoms. The summed E-state index contributed by atoms with van der Waals surface area (Å²) in [6, 6.07) is 0. The fourth-order valence-corrected chi connectivity index (χ4v) is 1.26. The number of nitrogens with two attached hydrogens (primary N) is 1.